The number of carbonyl (C=O) groups is 3. The maximum Gasteiger partial charge on any atom is 0.333 e. The average Bonchev–Trinajstić information content (AvgIpc) is 3.47. The van der Waals surface area contributed by atoms with E-state index in [2.05, 4.69) is 38.4 Å². The maximum atomic E-state index is 14.1. The highest BCUT2D eigenvalue weighted by atomic mass is 32.2. The molecule has 1 saturated heterocycles. The minimum atomic E-state index is -1.51. The first-order valence-electron chi connectivity index (χ1n) is 18.2. The molecule has 0 saturated carbocycles. The van der Waals surface area contributed by atoms with Crippen molar-refractivity contribution in [2.75, 3.05) is 20.3 Å². The van der Waals surface area contributed by atoms with E-state index in [1.54, 1.807) is 13.2 Å². The van der Waals surface area contributed by atoms with Crippen LogP contribution in [0, 0.1) is 11.3 Å². The minimum Gasteiger partial charge on any atom is -0.497 e. The number of carbonyl (C=O) groups excluding carboxylic acids is 3. The Hall–Kier alpha value is -4.02. The van der Waals surface area contributed by atoms with Crippen LogP contribution < -0.4 is 4.74 Å². The number of hydrogen-bond donors (Lipinski definition) is 0. The molecule has 4 atom stereocenters. The summed E-state index contributed by atoms with van der Waals surface area (Å²) in [6.07, 6.45) is 0.843. The molecule has 0 N–H and O–H groups in total. The number of hydrogen-bond acceptors (Lipinski definition) is 11. The van der Waals surface area contributed by atoms with E-state index in [0.717, 1.165) is 22.3 Å². The Morgan fingerprint density at radius 2 is 1.61 bits per heavy atom. The minimum absolute atomic E-state index is 0.0317. The molecule has 0 spiro atoms. The van der Waals surface area contributed by atoms with Gasteiger partial charge in [-0.3, -0.25) is 9.59 Å². The first-order valence-corrected chi connectivity index (χ1v) is 20.4. The Morgan fingerprint density at radius 1 is 0.944 bits per heavy atom. The van der Waals surface area contributed by atoms with Gasteiger partial charge in [-0.1, -0.05) is 48.5 Å². The number of hydroxylamine groups is 2. The number of benzene rings is 3. The SMILES string of the molecule is COc1ccc2c(c1)S(=O)c1ccccc1C2(OCCC(C)OP(OCCC#N)N(C(C)C)C(C)C)c1ccc(CCC(=O)ON2C(=O)CCC2=O)cc1. The summed E-state index contributed by atoms with van der Waals surface area (Å²) in [5, 5.41) is 9.69. The Kier molecular flexibility index (Phi) is 14.1. The Morgan fingerprint density at radius 3 is 2.26 bits per heavy atom. The van der Waals surface area contributed by atoms with Crippen LogP contribution in [0.3, 0.4) is 0 Å². The van der Waals surface area contributed by atoms with E-state index >= 15 is 0 Å². The third-order valence-electron chi connectivity index (χ3n) is 9.19. The number of fused-ring (bicyclic) bond motifs is 2. The lowest BCUT2D eigenvalue weighted by Gasteiger charge is -2.41. The monoisotopic (exact) mass is 777 g/mol. The molecular weight excluding hydrogens is 729 g/mol. The zero-order valence-corrected chi connectivity index (χ0v) is 33.3. The van der Waals surface area contributed by atoms with Crippen molar-refractivity contribution in [1.29, 1.82) is 5.26 Å². The van der Waals surface area contributed by atoms with Gasteiger partial charge in [-0.2, -0.15) is 5.26 Å². The van der Waals surface area contributed by atoms with Gasteiger partial charge in [0.25, 0.3) is 20.3 Å². The highest BCUT2D eigenvalue weighted by Gasteiger charge is 2.46. The van der Waals surface area contributed by atoms with Crippen molar-refractivity contribution in [3.63, 3.8) is 0 Å². The average molecular weight is 778 g/mol. The van der Waals surface area contributed by atoms with Crippen LogP contribution in [0.15, 0.2) is 76.5 Å². The largest absolute Gasteiger partial charge is 0.497 e. The zero-order chi connectivity index (χ0) is 39.0. The van der Waals surface area contributed by atoms with Gasteiger partial charge >= 0.3 is 5.97 Å². The Balaban J connectivity index is 1.44. The fraction of sp³-hybridized carbons (Fsp3) is 0.450. The van der Waals surface area contributed by atoms with Crippen molar-refractivity contribution in [3.05, 3.63) is 89.0 Å². The van der Waals surface area contributed by atoms with Gasteiger partial charge < -0.3 is 23.4 Å². The third-order valence-corrected chi connectivity index (χ3v) is 12.9. The highest BCUT2D eigenvalue weighted by molar-refractivity contribution is 7.85. The molecule has 5 rings (SSSR count). The van der Waals surface area contributed by atoms with Gasteiger partial charge in [0.05, 0.1) is 65.9 Å². The third kappa shape index (κ3) is 9.08. The maximum absolute atomic E-state index is 14.1. The summed E-state index contributed by atoms with van der Waals surface area (Å²) in [5.74, 6) is -1.14. The molecule has 1 fully saturated rings. The molecular formula is C40H48N3O9PS. The Bertz CT molecular complexity index is 1860. The quantitative estimate of drug-likeness (QED) is 0.0742. The summed E-state index contributed by atoms with van der Waals surface area (Å²) >= 11 is 0. The van der Waals surface area contributed by atoms with Gasteiger partial charge in [0.15, 0.2) is 0 Å². The number of nitrogens with zero attached hydrogens (tertiary/aromatic N) is 3. The molecule has 0 aromatic heterocycles. The topological polar surface area (TPSA) is 145 Å². The number of rotatable bonds is 18. The smallest absolute Gasteiger partial charge is 0.333 e. The predicted octanol–water partition coefficient (Wildman–Crippen LogP) is 7.09. The van der Waals surface area contributed by atoms with Crippen LogP contribution in [0.2, 0.25) is 0 Å². The predicted molar refractivity (Wildman–Crippen MR) is 202 cm³/mol. The van der Waals surface area contributed by atoms with Crippen LogP contribution in [-0.2, 0) is 55.8 Å². The number of ether oxygens (including phenoxy) is 2. The molecule has 3 aromatic carbocycles. The first-order chi connectivity index (χ1) is 25.9. The number of imide groups is 1. The van der Waals surface area contributed by atoms with Gasteiger partial charge in [0.2, 0.25) is 0 Å². The van der Waals surface area contributed by atoms with Crippen LogP contribution in [0.25, 0.3) is 0 Å². The van der Waals surface area contributed by atoms with Crippen molar-refractivity contribution in [2.24, 2.45) is 0 Å². The van der Waals surface area contributed by atoms with Crippen molar-refractivity contribution in [3.8, 4) is 11.8 Å². The van der Waals surface area contributed by atoms with Gasteiger partial charge in [0.1, 0.15) is 11.4 Å². The van der Waals surface area contributed by atoms with E-state index in [0.29, 0.717) is 33.4 Å². The van der Waals surface area contributed by atoms with Crippen LogP contribution in [0.4, 0.5) is 0 Å². The number of methoxy groups -OCH3 is 1. The molecule has 0 bridgehead atoms. The summed E-state index contributed by atoms with van der Waals surface area (Å²) in [7, 11) is -1.40. The van der Waals surface area contributed by atoms with E-state index < -0.39 is 42.7 Å². The highest BCUT2D eigenvalue weighted by Crippen LogP contribution is 2.51. The summed E-state index contributed by atoms with van der Waals surface area (Å²) in [4.78, 5) is 42.6. The molecule has 0 aliphatic carbocycles. The summed E-state index contributed by atoms with van der Waals surface area (Å²) in [6, 6.07) is 23.2. The molecule has 2 aliphatic heterocycles. The molecule has 14 heteroatoms. The second kappa shape index (κ2) is 18.5. The molecule has 2 aliphatic rings. The van der Waals surface area contributed by atoms with E-state index in [4.69, 9.17) is 28.6 Å². The molecule has 3 aromatic rings. The lowest BCUT2D eigenvalue weighted by atomic mass is 9.79. The lowest BCUT2D eigenvalue weighted by molar-refractivity contribution is -0.197. The van der Waals surface area contributed by atoms with E-state index in [-0.39, 0.29) is 57.1 Å². The Labute approximate surface area is 321 Å². The van der Waals surface area contributed by atoms with Crippen molar-refractivity contribution in [1.82, 2.24) is 9.73 Å². The van der Waals surface area contributed by atoms with Crippen LogP contribution in [0.1, 0.15) is 89.0 Å². The normalized spacial score (nSPS) is 19.1. The molecule has 12 nitrogen and oxygen atoms in total. The number of aryl methyl sites for hydroxylation is 1. The summed E-state index contributed by atoms with van der Waals surface area (Å²) < 4.78 is 41.6. The molecule has 2 heterocycles. The van der Waals surface area contributed by atoms with Crippen LogP contribution >= 0.6 is 8.53 Å². The summed E-state index contributed by atoms with van der Waals surface area (Å²) in [5.41, 5.74) is 1.92. The molecule has 4 unspecified atom stereocenters. The lowest BCUT2D eigenvalue weighted by Crippen LogP contribution is -2.38. The standard InChI is InChI=1S/C40H48N3O9PS/c1-27(2)43(28(3)4)53(50-24-9-23-41)52-29(5)22-25-49-40(33-10-7-8-11-35(33)54(47)36-26-32(48-6)17-18-34(36)40)31-15-12-30(13-16-31)14-21-39(46)51-42-37(44)19-20-38(42)45/h7-8,10-13,15-18,26-29H,9,14,19-22,24-25H2,1-6H3. The zero-order valence-electron chi connectivity index (χ0n) is 31.6. The molecule has 2 amide bonds. The van der Waals surface area contributed by atoms with Crippen molar-refractivity contribution >= 4 is 37.1 Å². The number of amides is 2. The molecule has 0 radical (unpaired) electrons. The molecule has 54 heavy (non-hydrogen) atoms. The summed E-state index contributed by atoms with van der Waals surface area (Å²) in [6.45, 7) is 10.9. The van der Waals surface area contributed by atoms with Crippen molar-refractivity contribution in [2.45, 2.75) is 107 Å². The number of nitriles is 1. The molecule has 288 valence electrons. The first kappa shape index (κ1) is 41.1. The van der Waals surface area contributed by atoms with E-state index in [1.807, 2.05) is 67.6 Å². The fourth-order valence-corrected chi connectivity index (χ4v) is 9.85. The second-order valence-electron chi connectivity index (χ2n) is 13.7. The van der Waals surface area contributed by atoms with E-state index in [1.165, 1.54) is 0 Å². The van der Waals surface area contributed by atoms with Gasteiger partial charge in [-0.05, 0) is 76.8 Å². The second-order valence-corrected chi connectivity index (χ2v) is 16.5. The van der Waals surface area contributed by atoms with Crippen LogP contribution in [0.5, 0.6) is 5.75 Å². The van der Waals surface area contributed by atoms with Gasteiger partial charge in [0, 0.05) is 36.1 Å². The van der Waals surface area contributed by atoms with Gasteiger partial charge in [-0.25, -0.2) is 13.7 Å². The van der Waals surface area contributed by atoms with Gasteiger partial charge in [-0.15, -0.1) is 5.06 Å². The van der Waals surface area contributed by atoms with Crippen molar-refractivity contribution < 1.29 is 42.0 Å². The fourth-order valence-electron chi connectivity index (χ4n) is 6.64. The van der Waals surface area contributed by atoms with Crippen LogP contribution in [-0.4, -0.2) is 70.2 Å². The van der Waals surface area contributed by atoms with E-state index in [9.17, 15) is 18.6 Å².